The number of hydrogen-bond donors (Lipinski definition) is 0. The Morgan fingerprint density at radius 2 is 2.45 bits per heavy atom. The summed E-state index contributed by atoms with van der Waals surface area (Å²) in [4.78, 5) is 9.91. The molecule has 0 spiro atoms. The first-order valence-corrected chi connectivity index (χ1v) is 2.79. The van der Waals surface area contributed by atoms with Crippen molar-refractivity contribution in [1.82, 2.24) is 0 Å². The Balaban J connectivity index is 4.14. The van der Waals surface area contributed by atoms with Gasteiger partial charge < -0.3 is 9.94 Å². The molecule has 4 nitrogen and oxygen atoms in total. The van der Waals surface area contributed by atoms with Crippen LogP contribution in [0.2, 0.25) is 0 Å². The molecule has 0 aromatic rings. The molecular weight excluding hydrogens is 146 g/mol. The number of methoxy groups -OCH3 is 1. The summed E-state index contributed by atoms with van der Waals surface area (Å²) in [6.07, 6.45) is 4.45. The molecule has 0 rings (SSSR count). The highest BCUT2D eigenvalue weighted by molar-refractivity contribution is 5.66. The molecule has 0 aliphatic carbocycles. The Bertz CT molecular complexity index is 232. The zero-order valence-electron chi connectivity index (χ0n) is 5.98. The minimum Gasteiger partial charge on any atom is -0.498 e. The number of nitrogens with zero attached hydrogens (tertiary/aromatic N) is 1. The first kappa shape index (κ1) is 9.24. The zero-order valence-corrected chi connectivity index (χ0v) is 5.98. The third kappa shape index (κ3) is 4.73. The number of allylic oxidation sites excluding steroid dienone is 3. The molecule has 0 aromatic carbocycles. The number of rotatable bonds is 3. The molecule has 11 heavy (non-hydrogen) atoms. The average molecular weight is 153 g/mol. The highest BCUT2D eigenvalue weighted by atomic mass is 16.5. The second kappa shape index (κ2) is 6.36. The number of carbonyl (C=O) groups excluding carboxylic acids is 1. The molecule has 4 heteroatoms. The van der Waals surface area contributed by atoms with Crippen LogP contribution in [-0.2, 0) is 9.53 Å². The van der Waals surface area contributed by atoms with Crippen molar-refractivity contribution in [3.05, 3.63) is 34.2 Å². The molecule has 0 fully saturated rings. The smallest absolute Gasteiger partial charge is 0.328 e. The van der Waals surface area contributed by atoms with Crippen LogP contribution in [0.4, 0.5) is 0 Å². The van der Waals surface area contributed by atoms with E-state index in [1.165, 1.54) is 25.3 Å². The predicted molar refractivity (Wildman–Crippen MR) is 40.9 cm³/mol. The summed E-state index contributed by atoms with van der Waals surface area (Å²) in [5.41, 5.74) is 0. The molecule has 0 unspecified atom stereocenters. The molecule has 0 saturated carbocycles. The monoisotopic (exact) mass is 153 g/mol. The molecule has 0 atom stereocenters. The molecule has 0 N–H and O–H groups in total. The first-order chi connectivity index (χ1) is 5.35. The zero-order chi connectivity index (χ0) is 8.53. The standard InChI is InChI=1S/C7H7NO3/c1-11-7(4-6-9)3-2-5-8-10/h2-4,6H,1H3/b3-2-,7-4-. The van der Waals surface area contributed by atoms with Crippen molar-refractivity contribution in [3.63, 3.8) is 0 Å². The van der Waals surface area contributed by atoms with Crippen molar-refractivity contribution >= 4 is 6.29 Å². The Hall–Kier alpha value is -1.76. The van der Waals surface area contributed by atoms with Crippen molar-refractivity contribution in [2.45, 2.75) is 0 Å². The molecule has 0 aliphatic rings. The fourth-order valence-electron chi connectivity index (χ4n) is 0.409. The van der Waals surface area contributed by atoms with Gasteiger partial charge in [0, 0.05) is 11.1 Å². The molecule has 58 valence electrons. The molecule has 0 aromatic heterocycles. The normalized spacial score (nSPS) is 10.5. The van der Waals surface area contributed by atoms with Gasteiger partial charge in [0.15, 0.2) is 0 Å². The summed E-state index contributed by atoms with van der Waals surface area (Å²) < 4.78 is 4.70. The van der Waals surface area contributed by atoms with E-state index in [2.05, 4.69) is 5.01 Å². The number of carbonyl (C=O) groups is 1. The Kier molecular flexibility index (Phi) is 5.34. The Morgan fingerprint density at radius 1 is 1.73 bits per heavy atom. The Morgan fingerprint density at radius 3 is 2.91 bits per heavy atom. The van der Waals surface area contributed by atoms with Gasteiger partial charge in [-0.3, -0.25) is 4.79 Å². The van der Waals surface area contributed by atoms with Gasteiger partial charge in [-0.2, -0.15) is 0 Å². The van der Waals surface area contributed by atoms with Crippen LogP contribution in [0.25, 0.3) is 5.01 Å². The van der Waals surface area contributed by atoms with E-state index >= 15 is 0 Å². The Labute approximate surface area is 64.2 Å². The van der Waals surface area contributed by atoms with Crippen LogP contribution in [0.5, 0.6) is 0 Å². The maximum atomic E-state index is 9.91. The van der Waals surface area contributed by atoms with Crippen LogP contribution < -0.4 is 0 Å². The summed E-state index contributed by atoms with van der Waals surface area (Å²) in [5.74, 6) is 0.344. The van der Waals surface area contributed by atoms with Gasteiger partial charge in [-0.05, 0) is 6.08 Å². The fourth-order valence-corrected chi connectivity index (χ4v) is 0.409. The molecule has 0 amide bonds. The second-order valence-electron chi connectivity index (χ2n) is 1.46. The van der Waals surface area contributed by atoms with Crippen LogP contribution in [0, 0.1) is 11.3 Å². The number of aldehydes is 1. The van der Waals surface area contributed by atoms with Crippen LogP contribution in [0.3, 0.4) is 0 Å². The second-order valence-corrected chi connectivity index (χ2v) is 1.46. The van der Waals surface area contributed by atoms with E-state index in [1.54, 1.807) is 0 Å². The quantitative estimate of drug-likeness (QED) is 0.152. The largest absolute Gasteiger partial charge is 0.498 e. The molecule has 0 bridgehead atoms. The molecule has 0 aliphatic heterocycles. The van der Waals surface area contributed by atoms with E-state index in [4.69, 9.17) is 4.74 Å². The summed E-state index contributed by atoms with van der Waals surface area (Å²) in [6, 6.07) is 2.02. The van der Waals surface area contributed by atoms with Gasteiger partial charge in [-0.25, -0.2) is 0 Å². The minimum atomic E-state index is 0.344. The SMILES string of the molecule is COC(/C=C\C#[N+][O-])=C\C=O. The highest BCUT2D eigenvalue weighted by Gasteiger charge is 1.86. The van der Waals surface area contributed by atoms with E-state index < -0.39 is 0 Å². The topological polar surface area (TPSA) is 53.7 Å². The van der Waals surface area contributed by atoms with Crippen molar-refractivity contribution < 1.29 is 9.53 Å². The summed E-state index contributed by atoms with van der Waals surface area (Å²) >= 11 is 0. The fraction of sp³-hybridized carbons (Fsp3) is 0.143. The highest BCUT2D eigenvalue weighted by Crippen LogP contribution is 1.94. The third-order valence-electron chi connectivity index (χ3n) is 0.843. The number of hydrogen-bond acceptors (Lipinski definition) is 3. The average Bonchev–Trinajstić information content (AvgIpc) is 2.03. The van der Waals surface area contributed by atoms with Crippen molar-refractivity contribution in [2.75, 3.05) is 7.11 Å². The van der Waals surface area contributed by atoms with Gasteiger partial charge in [0.1, 0.15) is 12.0 Å². The van der Waals surface area contributed by atoms with Crippen molar-refractivity contribution in [2.24, 2.45) is 0 Å². The van der Waals surface area contributed by atoms with E-state index in [0.29, 0.717) is 12.0 Å². The van der Waals surface area contributed by atoms with Gasteiger partial charge in [0.25, 0.3) is 0 Å². The molecule has 0 radical (unpaired) electrons. The third-order valence-corrected chi connectivity index (χ3v) is 0.843. The van der Waals surface area contributed by atoms with Crippen LogP contribution in [0.15, 0.2) is 24.0 Å². The molecular formula is C7H7NO3. The van der Waals surface area contributed by atoms with Gasteiger partial charge in [0.2, 0.25) is 0 Å². The van der Waals surface area contributed by atoms with Crippen LogP contribution >= 0.6 is 0 Å². The van der Waals surface area contributed by atoms with Crippen LogP contribution in [-0.4, -0.2) is 13.4 Å². The minimum absolute atomic E-state index is 0.344. The lowest BCUT2D eigenvalue weighted by atomic mass is 10.4. The predicted octanol–water partition coefficient (Wildman–Crippen LogP) is 1.10. The molecule has 0 heterocycles. The first-order valence-electron chi connectivity index (χ1n) is 2.79. The molecule has 0 saturated heterocycles. The van der Waals surface area contributed by atoms with Crippen LogP contribution in [0.1, 0.15) is 0 Å². The summed E-state index contributed by atoms with van der Waals surface area (Å²) in [5, 5.41) is 11.8. The lowest BCUT2D eigenvalue weighted by molar-refractivity contribution is -0.104. The van der Waals surface area contributed by atoms with Crippen molar-refractivity contribution in [1.29, 1.82) is 0 Å². The van der Waals surface area contributed by atoms with E-state index in [9.17, 15) is 10.0 Å². The van der Waals surface area contributed by atoms with Gasteiger partial charge in [-0.1, -0.05) is 0 Å². The van der Waals surface area contributed by atoms with Crippen molar-refractivity contribution in [3.8, 4) is 6.07 Å². The maximum Gasteiger partial charge on any atom is 0.328 e. The van der Waals surface area contributed by atoms with Gasteiger partial charge in [0.05, 0.1) is 13.2 Å². The van der Waals surface area contributed by atoms with E-state index in [1.807, 2.05) is 6.07 Å². The van der Waals surface area contributed by atoms with E-state index in [0.717, 1.165) is 0 Å². The van der Waals surface area contributed by atoms with E-state index in [-0.39, 0.29) is 0 Å². The van der Waals surface area contributed by atoms with Gasteiger partial charge in [-0.15, -0.1) is 0 Å². The summed E-state index contributed by atoms with van der Waals surface area (Å²) in [6.45, 7) is 0. The maximum absolute atomic E-state index is 9.91. The lowest BCUT2D eigenvalue weighted by Crippen LogP contribution is -1.81. The lowest BCUT2D eigenvalue weighted by Gasteiger charge is -1.93. The van der Waals surface area contributed by atoms with Gasteiger partial charge >= 0.3 is 6.07 Å². The number of ether oxygens (including phenoxy) is 1. The summed E-state index contributed by atoms with van der Waals surface area (Å²) in [7, 11) is 1.41.